The quantitative estimate of drug-likeness (QED) is 0.575. The van der Waals surface area contributed by atoms with E-state index in [1.54, 1.807) is 0 Å². The second-order valence-electron chi connectivity index (χ2n) is 4.07. The zero-order valence-corrected chi connectivity index (χ0v) is 10.00. The minimum atomic E-state index is 0.987. The zero-order valence-electron chi connectivity index (χ0n) is 7.84. The molecule has 1 rings (SSSR count). The number of rotatable bonds is 2. The standard InChI is InChI=1S/C10H15IN/c1-12(2,3)8-9-4-6-10(11)7-5-9/h4-7H,8H2,1-3H3/q+1. The van der Waals surface area contributed by atoms with E-state index in [0.717, 1.165) is 11.0 Å². The third-order valence-corrected chi connectivity index (χ3v) is 2.29. The van der Waals surface area contributed by atoms with Gasteiger partial charge in [0, 0.05) is 9.13 Å². The largest absolute Gasteiger partial charge is 0.327 e. The van der Waals surface area contributed by atoms with Crippen LogP contribution >= 0.6 is 22.6 Å². The highest BCUT2D eigenvalue weighted by Gasteiger charge is 2.07. The molecule has 0 saturated heterocycles. The van der Waals surface area contributed by atoms with Crippen molar-refractivity contribution >= 4 is 22.6 Å². The minimum absolute atomic E-state index is 0.987. The first-order chi connectivity index (χ1) is 5.47. The zero-order chi connectivity index (χ0) is 9.19. The first-order valence-corrected chi connectivity index (χ1v) is 5.10. The Morgan fingerprint density at radius 1 is 1.08 bits per heavy atom. The molecule has 0 N–H and O–H groups in total. The lowest BCUT2D eigenvalue weighted by atomic mass is 10.2. The molecule has 0 aliphatic carbocycles. The lowest BCUT2D eigenvalue weighted by molar-refractivity contribution is -0.884. The lowest BCUT2D eigenvalue weighted by Crippen LogP contribution is -2.33. The number of hydrogen-bond acceptors (Lipinski definition) is 0. The molecular formula is C10H15IN+. The van der Waals surface area contributed by atoms with E-state index in [0.29, 0.717) is 0 Å². The Morgan fingerprint density at radius 3 is 2.00 bits per heavy atom. The van der Waals surface area contributed by atoms with Crippen molar-refractivity contribution in [1.29, 1.82) is 0 Å². The van der Waals surface area contributed by atoms with Crippen LogP contribution in [0.3, 0.4) is 0 Å². The molecular weight excluding hydrogens is 261 g/mol. The Morgan fingerprint density at radius 2 is 1.58 bits per heavy atom. The second kappa shape index (κ2) is 3.75. The van der Waals surface area contributed by atoms with E-state index in [-0.39, 0.29) is 0 Å². The minimum Gasteiger partial charge on any atom is -0.327 e. The third kappa shape index (κ3) is 3.54. The number of halogens is 1. The van der Waals surface area contributed by atoms with Gasteiger partial charge in [0.25, 0.3) is 0 Å². The Hall–Kier alpha value is -0.0900. The van der Waals surface area contributed by atoms with E-state index in [1.807, 2.05) is 0 Å². The molecule has 0 aromatic heterocycles. The van der Waals surface area contributed by atoms with Gasteiger partial charge in [0.1, 0.15) is 6.54 Å². The molecule has 0 heterocycles. The van der Waals surface area contributed by atoms with Gasteiger partial charge in [0.05, 0.1) is 21.1 Å². The van der Waals surface area contributed by atoms with E-state index in [4.69, 9.17) is 0 Å². The second-order valence-corrected chi connectivity index (χ2v) is 5.32. The van der Waals surface area contributed by atoms with E-state index in [9.17, 15) is 0 Å². The lowest BCUT2D eigenvalue weighted by Gasteiger charge is -2.23. The van der Waals surface area contributed by atoms with Gasteiger partial charge in [-0.25, -0.2) is 0 Å². The van der Waals surface area contributed by atoms with E-state index >= 15 is 0 Å². The summed E-state index contributed by atoms with van der Waals surface area (Å²) in [6, 6.07) is 8.72. The molecule has 0 atom stereocenters. The highest BCUT2D eigenvalue weighted by molar-refractivity contribution is 14.1. The van der Waals surface area contributed by atoms with Crippen LogP contribution in [0.5, 0.6) is 0 Å². The summed E-state index contributed by atoms with van der Waals surface area (Å²) in [6.45, 7) is 1.09. The van der Waals surface area contributed by atoms with Crippen molar-refractivity contribution in [3.05, 3.63) is 33.4 Å². The summed E-state index contributed by atoms with van der Waals surface area (Å²) < 4.78 is 2.29. The van der Waals surface area contributed by atoms with Crippen LogP contribution in [0.15, 0.2) is 24.3 Å². The number of quaternary nitrogens is 1. The van der Waals surface area contributed by atoms with Gasteiger partial charge >= 0.3 is 0 Å². The Balaban J connectivity index is 2.71. The van der Waals surface area contributed by atoms with Gasteiger partial charge in [0.15, 0.2) is 0 Å². The summed E-state index contributed by atoms with van der Waals surface area (Å²) in [4.78, 5) is 0. The molecule has 0 amide bonds. The predicted molar refractivity (Wildman–Crippen MR) is 60.9 cm³/mol. The van der Waals surface area contributed by atoms with Crippen LogP contribution in [0.2, 0.25) is 0 Å². The molecule has 12 heavy (non-hydrogen) atoms. The molecule has 66 valence electrons. The summed E-state index contributed by atoms with van der Waals surface area (Å²) in [7, 11) is 6.62. The van der Waals surface area contributed by atoms with E-state index in [1.165, 1.54) is 9.13 Å². The molecule has 1 aromatic rings. The fourth-order valence-electron chi connectivity index (χ4n) is 1.14. The highest BCUT2D eigenvalue weighted by atomic mass is 127. The molecule has 0 radical (unpaired) electrons. The van der Waals surface area contributed by atoms with Crippen LogP contribution in [-0.2, 0) is 6.54 Å². The molecule has 0 fully saturated rings. The van der Waals surface area contributed by atoms with E-state index < -0.39 is 0 Å². The molecule has 0 unspecified atom stereocenters. The van der Waals surface area contributed by atoms with Crippen LogP contribution < -0.4 is 0 Å². The van der Waals surface area contributed by atoms with Crippen molar-refractivity contribution in [2.75, 3.05) is 21.1 Å². The fourth-order valence-corrected chi connectivity index (χ4v) is 1.50. The van der Waals surface area contributed by atoms with Gasteiger partial charge in [0.2, 0.25) is 0 Å². The Labute approximate surface area is 88.1 Å². The van der Waals surface area contributed by atoms with Crippen molar-refractivity contribution < 1.29 is 4.48 Å². The van der Waals surface area contributed by atoms with Gasteiger partial charge in [-0.05, 0) is 34.7 Å². The maximum Gasteiger partial charge on any atom is 0.104 e. The number of benzene rings is 1. The maximum atomic E-state index is 2.33. The first kappa shape index (κ1) is 9.99. The highest BCUT2D eigenvalue weighted by Crippen LogP contribution is 2.10. The molecule has 0 spiro atoms. The summed E-state index contributed by atoms with van der Waals surface area (Å²) in [5.74, 6) is 0. The molecule has 2 heteroatoms. The van der Waals surface area contributed by atoms with Gasteiger partial charge in [-0.3, -0.25) is 0 Å². The molecule has 0 bridgehead atoms. The van der Waals surface area contributed by atoms with Gasteiger partial charge in [-0.1, -0.05) is 12.1 Å². The molecule has 1 nitrogen and oxygen atoms in total. The first-order valence-electron chi connectivity index (χ1n) is 4.02. The monoisotopic (exact) mass is 276 g/mol. The van der Waals surface area contributed by atoms with E-state index in [2.05, 4.69) is 68.0 Å². The molecule has 0 aliphatic heterocycles. The maximum absolute atomic E-state index is 2.33. The Bertz CT molecular complexity index is 246. The van der Waals surface area contributed by atoms with Crippen molar-refractivity contribution in [1.82, 2.24) is 0 Å². The fraction of sp³-hybridized carbons (Fsp3) is 0.400. The van der Waals surface area contributed by atoms with Crippen molar-refractivity contribution in [2.24, 2.45) is 0 Å². The van der Waals surface area contributed by atoms with Crippen molar-refractivity contribution in [3.8, 4) is 0 Å². The molecule has 1 aromatic carbocycles. The number of nitrogens with zero attached hydrogens (tertiary/aromatic N) is 1. The smallest absolute Gasteiger partial charge is 0.104 e. The Kier molecular flexibility index (Phi) is 3.12. The summed E-state index contributed by atoms with van der Waals surface area (Å²) >= 11 is 2.33. The van der Waals surface area contributed by atoms with Gasteiger partial charge in [-0.15, -0.1) is 0 Å². The summed E-state index contributed by atoms with van der Waals surface area (Å²) in [5, 5.41) is 0. The normalized spacial score (nSPS) is 11.7. The van der Waals surface area contributed by atoms with Crippen molar-refractivity contribution in [2.45, 2.75) is 6.54 Å². The topological polar surface area (TPSA) is 0 Å². The van der Waals surface area contributed by atoms with Crippen LogP contribution in [0, 0.1) is 3.57 Å². The summed E-state index contributed by atoms with van der Waals surface area (Å²) in [5.41, 5.74) is 1.41. The molecule has 0 saturated carbocycles. The molecule has 0 aliphatic rings. The van der Waals surface area contributed by atoms with Gasteiger partial charge in [-0.2, -0.15) is 0 Å². The average molecular weight is 276 g/mol. The number of hydrogen-bond donors (Lipinski definition) is 0. The van der Waals surface area contributed by atoms with Crippen LogP contribution in [-0.4, -0.2) is 25.6 Å². The van der Waals surface area contributed by atoms with Crippen LogP contribution in [0.4, 0.5) is 0 Å². The SMILES string of the molecule is C[N+](C)(C)Cc1ccc(I)cc1. The van der Waals surface area contributed by atoms with Crippen LogP contribution in [0.1, 0.15) is 5.56 Å². The summed E-state index contributed by atoms with van der Waals surface area (Å²) in [6.07, 6.45) is 0. The predicted octanol–water partition coefficient (Wildman–Crippen LogP) is 2.50. The van der Waals surface area contributed by atoms with Gasteiger partial charge < -0.3 is 4.48 Å². The van der Waals surface area contributed by atoms with Crippen LogP contribution in [0.25, 0.3) is 0 Å². The average Bonchev–Trinajstić information content (AvgIpc) is 1.91. The van der Waals surface area contributed by atoms with Crippen molar-refractivity contribution in [3.63, 3.8) is 0 Å². The third-order valence-electron chi connectivity index (χ3n) is 1.57.